The molecule has 5 N–H and O–H groups in total. The molecule has 1 rings (SSSR count). The van der Waals surface area contributed by atoms with Crippen molar-refractivity contribution in [1.82, 2.24) is 10.4 Å². The summed E-state index contributed by atoms with van der Waals surface area (Å²) in [4.78, 5) is 5.02. The number of thiocarbonyl (C=S) groups is 1. The van der Waals surface area contributed by atoms with Crippen LogP contribution in [0.25, 0.3) is 0 Å². The first-order valence-corrected chi connectivity index (χ1v) is 5.06. The van der Waals surface area contributed by atoms with Gasteiger partial charge < -0.3 is 11.5 Å². The monoisotopic (exact) mass is 229 g/mol. The molecule has 0 saturated carbocycles. The van der Waals surface area contributed by atoms with Gasteiger partial charge in [-0.25, -0.2) is 4.98 Å². The van der Waals surface area contributed by atoms with E-state index in [1.54, 1.807) is 0 Å². The molecule has 0 aliphatic heterocycles. The van der Waals surface area contributed by atoms with Gasteiger partial charge in [-0.1, -0.05) is 11.3 Å². The number of hydrazone groups is 1. The maximum atomic E-state index is 5.55. The lowest BCUT2D eigenvalue weighted by atomic mass is 10.3. The van der Waals surface area contributed by atoms with Gasteiger partial charge in [0.2, 0.25) is 0 Å². The van der Waals surface area contributed by atoms with Crippen LogP contribution in [0.4, 0.5) is 5.13 Å². The third-order valence-electron chi connectivity index (χ3n) is 1.48. The van der Waals surface area contributed by atoms with Crippen LogP contribution in [0.5, 0.6) is 0 Å². The van der Waals surface area contributed by atoms with Gasteiger partial charge in [0, 0.05) is 0 Å². The lowest BCUT2D eigenvalue weighted by Gasteiger charge is -1.98. The molecular weight excluding hydrogens is 218 g/mol. The molecule has 0 spiro atoms. The summed E-state index contributed by atoms with van der Waals surface area (Å²) in [5.41, 5.74) is 14.9. The standard InChI is InChI=1S/C7H11N5S2/c1-3-5(14-7(9)10-3)4(2)11-12-6(8)13/h1-2H3,(H2,9,10)(H3,8,12,13)/b11-4+. The maximum absolute atomic E-state index is 5.55. The van der Waals surface area contributed by atoms with E-state index in [9.17, 15) is 0 Å². The van der Waals surface area contributed by atoms with Crippen molar-refractivity contribution in [3.05, 3.63) is 10.6 Å². The van der Waals surface area contributed by atoms with E-state index in [0.717, 1.165) is 16.3 Å². The van der Waals surface area contributed by atoms with E-state index in [2.05, 4.69) is 27.7 Å². The van der Waals surface area contributed by atoms with Crippen molar-refractivity contribution >= 4 is 39.5 Å². The predicted octanol–water partition coefficient (Wildman–Crippen LogP) is 0.591. The first kappa shape index (κ1) is 10.9. The Bertz CT molecular complexity index is 381. The molecule has 14 heavy (non-hydrogen) atoms. The molecule has 1 aromatic rings. The van der Waals surface area contributed by atoms with E-state index >= 15 is 0 Å². The molecular formula is C7H11N5S2. The molecule has 1 heterocycles. The van der Waals surface area contributed by atoms with E-state index in [1.807, 2.05) is 13.8 Å². The second kappa shape index (κ2) is 4.34. The average molecular weight is 229 g/mol. The number of aromatic nitrogens is 1. The average Bonchev–Trinajstić information content (AvgIpc) is 2.41. The van der Waals surface area contributed by atoms with Gasteiger partial charge in [-0.3, -0.25) is 5.43 Å². The van der Waals surface area contributed by atoms with Crippen LogP contribution in [-0.4, -0.2) is 15.8 Å². The molecule has 0 bridgehead atoms. The fourth-order valence-electron chi connectivity index (χ4n) is 0.943. The second-order valence-corrected chi connectivity index (χ2v) is 4.11. The fourth-order valence-corrected chi connectivity index (χ4v) is 1.77. The summed E-state index contributed by atoms with van der Waals surface area (Å²) in [6, 6.07) is 0. The van der Waals surface area contributed by atoms with E-state index < -0.39 is 0 Å². The molecule has 1 aromatic heterocycles. The first-order valence-electron chi connectivity index (χ1n) is 3.83. The topological polar surface area (TPSA) is 89.3 Å². The van der Waals surface area contributed by atoms with Crippen molar-refractivity contribution in [2.45, 2.75) is 13.8 Å². The van der Waals surface area contributed by atoms with Crippen molar-refractivity contribution < 1.29 is 0 Å². The third-order valence-corrected chi connectivity index (χ3v) is 2.66. The Kier molecular flexibility index (Phi) is 3.37. The highest BCUT2D eigenvalue weighted by molar-refractivity contribution is 7.80. The SMILES string of the molecule is C/C(=N\NC(N)=S)c1sc(N)nc1C. The zero-order valence-corrected chi connectivity index (χ0v) is 9.50. The van der Waals surface area contributed by atoms with Gasteiger partial charge in [-0.05, 0) is 26.1 Å². The highest BCUT2D eigenvalue weighted by Gasteiger charge is 2.07. The van der Waals surface area contributed by atoms with Crippen LogP contribution < -0.4 is 16.9 Å². The van der Waals surface area contributed by atoms with Gasteiger partial charge >= 0.3 is 0 Å². The Morgan fingerprint density at radius 2 is 2.29 bits per heavy atom. The molecule has 76 valence electrons. The van der Waals surface area contributed by atoms with Crippen LogP contribution in [0.2, 0.25) is 0 Å². The van der Waals surface area contributed by atoms with Crippen LogP contribution >= 0.6 is 23.6 Å². The molecule has 0 radical (unpaired) electrons. The van der Waals surface area contributed by atoms with Crippen LogP contribution in [0, 0.1) is 6.92 Å². The molecule has 0 atom stereocenters. The summed E-state index contributed by atoms with van der Waals surface area (Å²) >= 11 is 6.01. The predicted molar refractivity (Wildman–Crippen MR) is 63.4 cm³/mol. The number of aryl methyl sites for hydroxylation is 1. The molecule has 5 nitrogen and oxygen atoms in total. The Morgan fingerprint density at radius 1 is 1.64 bits per heavy atom. The Balaban J connectivity index is 2.88. The van der Waals surface area contributed by atoms with E-state index in [4.69, 9.17) is 11.5 Å². The van der Waals surface area contributed by atoms with Crippen molar-refractivity contribution in [3.63, 3.8) is 0 Å². The van der Waals surface area contributed by atoms with Gasteiger partial charge in [0.1, 0.15) is 0 Å². The number of anilines is 1. The number of hydrogen-bond donors (Lipinski definition) is 3. The Morgan fingerprint density at radius 3 is 2.71 bits per heavy atom. The van der Waals surface area contributed by atoms with Crippen LogP contribution in [-0.2, 0) is 0 Å². The van der Waals surface area contributed by atoms with E-state index in [0.29, 0.717) is 5.13 Å². The zero-order valence-electron chi connectivity index (χ0n) is 7.87. The summed E-state index contributed by atoms with van der Waals surface area (Å²) in [5, 5.41) is 4.65. The summed E-state index contributed by atoms with van der Waals surface area (Å²) in [7, 11) is 0. The van der Waals surface area contributed by atoms with Gasteiger partial charge in [0.25, 0.3) is 0 Å². The highest BCUT2D eigenvalue weighted by atomic mass is 32.1. The number of nitrogens with two attached hydrogens (primary N) is 2. The largest absolute Gasteiger partial charge is 0.375 e. The lowest BCUT2D eigenvalue weighted by Crippen LogP contribution is -2.25. The van der Waals surface area contributed by atoms with E-state index in [1.165, 1.54) is 11.3 Å². The number of nitrogens with one attached hydrogen (secondary N) is 1. The summed E-state index contributed by atoms with van der Waals surface area (Å²) in [6.07, 6.45) is 0. The lowest BCUT2D eigenvalue weighted by molar-refractivity contribution is 1.03. The van der Waals surface area contributed by atoms with Gasteiger partial charge in [-0.15, -0.1) is 0 Å². The highest BCUT2D eigenvalue weighted by Crippen LogP contribution is 2.20. The molecule has 0 amide bonds. The van der Waals surface area contributed by atoms with Crippen LogP contribution in [0.3, 0.4) is 0 Å². The van der Waals surface area contributed by atoms with Crippen molar-refractivity contribution in [2.24, 2.45) is 10.8 Å². The number of nitrogens with zero attached hydrogens (tertiary/aromatic N) is 2. The number of nitrogen functional groups attached to an aromatic ring is 1. The number of hydrogen-bond acceptors (Lipinski definition) is 5. The summed E-state index contributed by atoms with van der Waals surface area (Å²) in [5.74, 6) is 0. The number of thiazole rings is 1. The molecule has 0 saturated heterocycles. The molecule has 0 fully saturated rings. The minimum atomic E-state index is 0.138. The van der Waals surface area contributed by atoms with Crippen molar-refractivity contribution in [2.75, 3.05) is 5.73 Å². The van der Waals surface area contributed by atoms with Gasteiger partial charge in [0.05, 0.1) is 16.3 Å². The smallest absolute Gasteiger partial charge is 0.184 e. The van der Waals surface area contributed by atoms with E-state index in [-0.39, 0.29) is 5.11 Å². The number of rotatable bonds is 2. The molecule has 0 aliphatic carbocycles. The Hall–Kier alpha value is -1.21. The van der Waals surface area contributed by atoms with Gasteiger partial charge in [-0.2, -0.15) is 5.10 Å². The normalized spacial score (nSPS) is 11.4. The summed E-state index contributed by atoms with van der Waals surface area (Å²) < 4.78 is 0. The quantitative estimate of drug-likeness (QED) is 0.392. The molecule has 0 unspecified atom stereocenters. The van der Waals surface area contributed by atoms with Crippen LogP contribution in [0.1, 0.15) is 17.5 Å². The van der Waals surface area contributed by atoms with Crippen molar-refractivity contribution in [3.8, 4) is 0 Å². The second-order valence-electron chi connectivity index (χ2n) is 2.64. The Labute approximate surface area is 91.2 Å². The molecule has 0 aliphatic rings. The molecule has 0 aromatic carbocycles. The minimum Gasteiger partial charge on any atom is -0.375 e. The summed E-state index contributed by atoms with van der Waals surface area (Å²) in [6.45, 7) is 3.72. The maximum Gasteiger partial charge on any atom is 0.184 e. The van der Waals surface area contributed by atoms with Gasteiger partial charge in [0.15, 0.2) is 10.2 Å². The van der Waals surface area contributed by atoms with Crippen molar-refractivity contribution in [1.29, 1.82) is 0 Å². The zero-order chi connectivity index (χ0) is 10.7. The molecule has 7 heteroatoms. The fraction of sp³-hybridized carbons (Fsp3) is 0.286. The minimum absolute atomic E-state index is 0.138. The third kappa shape index (κ3) is 2.64. The first-order chi connectivity index (χ1) is 6.50. The van der Waals surface area contributed by atoms with Crippen LogP contribution in [0.15, 0.2) is 5.10 Å².